The quantitative estimate of drug-likeness (QED) is 0.435. The predicted octanol–water partition coefficient (Wildman–Crippen LogP) is 1.83. The number of hydrogen-bond acceptors (Lipinski definition) is 2. The van der Waals surface area contributed by atoms with E-state index in [4.69, 9.17) is 0 Å². The standard InChI is InChI=1S/C9H7NO2/c11-10(12)9-5-4-7-2-1-3-8(7)6-9/h1-6,8H. The largest absolute Gasteiger partial charge is 0.266 e. The van der Waals surface area contributed by atoms with E-state index >= 15 is 0 Å². The summed E-state index contributed by atoms with van der Waals surface area (Å²) in [6, 6.07) is 0. The van der Waals surface area contributed by atoms with Crippen molar-refractivity contribution >= 4 is 0 Å². The number of rotatable bonds is 1. The van der Waals surface area contributed by atoms with Gasteiger partial charge in [0.2, 0.25) is 0 Å². The fourth-order valence-corrected chi connectivity index (χ4v) is 1.37. The first-order chi connectivity index (χ1) is 5.77. The van der Waals surface area contributed by atoms with Gasteiger partial charge in [-0.05, 0) is 5.57 Å². The minimum atomic E-state index is -0.362. The molecular formula is C9H7NO2. The highest BCUT2D eigenvalue weighted by Crippen LogP contribution is 2.27. The van der Waals surface area contributed by atoms with E-state index in [0.717, 1.165) is 5.57 Å². The van der Waals surface area contributed by atoms with Crippen LogP contribution in [0.1, 0.15) is 0 Å². The SMILES string of the molecule is O=[N+]([O-])C1=CC2C=CC=C2C=C1. The van der Waals surface area contributed by atoms with Crippen molar-refractivity contribution in [1.82, 2.24) is 0 Å². The van der Waals surface area contributed by atoms with Crippen LogP contribution in [0, 0.1) is 16.0 Å². The lowest BCUT2D eigenvalue weighted by Gasteiger charge is -2.08. The Kier molecular flexibility index (Phi) is 1.43. The summed E-state index contributed by atoms with van der Waals surface area (Å²) in [6.45, 7) is 0. The molecule has 0 heterocycles. The zero-order valence-electron chi connectivity index (χ0n) is 6.31. The smallest absolute Gasteiger partial charge is 0.258 e. The Morgan fingerprint density at radius 3 is 3.00 bits per heavy atom. The Morgan fingerprint density at radius 2 is 2.25 bits per heavy atom. The van der Waals surface area contributed by atoms with Gasteiger partial charge in [-0.25, -0.2) is 0 Å². The molecule has 1 unspecified atom stereocenters. The van der Waals surface area contributed by atoms with Crippen molar-refractivity contribution in [3.05, 3.63) is 57.8 Å². The highest BCUT2D eigenvalue weighted by atomic mass is 16.6. The van der Waals surface area contributed by atoms with E-state index < -0.39 is 0 Å². The van der Waals surface area contributed by atoms with Crippen molar-refractivity contribution in [2.45, 2.75) is 0 Å². The van der Waals surface area contributed by atoms with Gasteiger partial charge in [-0.15, -0.1) is 0 Å². The molecule has 0 bridgehead atoms. The van der Waals surface area contributed by atoms with Gasteiger partial charge in [-0.1, -0.05) is 24.3 Å². The topological polar surface area (TPSA) is 43.1 Å². The Balaban J connectivity index is 2.34. The molecule has 0 aromatic carbocycles. The van der Waals surface area contributed by atoms with Crippen LogP contribution in [0.3, 0.4) is 0 Å². The third kappa shape index (κ3) is 0.993. The van der Waals surface area contributed by atoms with Crippen molar-refractivity contribution in [2.24, 2.45) is 5.92 Å². The van der Waals surface area contributed by atoms with Crippen LogP contribution in [0.2, 0.25) is 0 Å². The summed E-state index contributed by atoms with van der Waals surface area (Å²) in [4.78, 5) is 10.0. The number of hydrogen-bond donors (Lipinski definition) is 0. The van der Waals surface area contributed by atoms with Crippen molar-refractivity contribution in [1.29, 1.82) is 0 Å². The lowest BCUT2D eigenvalue weighted by atomic mass is 9.97. The molecule has 0 amide bonds. The summed E-state index contributed by atoms with van der Waals surface area (Å²) >= 11 is 0. The lowest BCUT2D eigenvalue weighted by Crippen LogP contribution is -2.04. The van der Waals surface area contributed by atoms with Gasteiger partial charge in [0.05, 0.1) is 4.92 Å². The Hall–Kier alpha value is -1.64. The van der Waals surface area contributed by atoms with Crippen molar-refractivity contribution in [3.8, 4) is 0 Å². The molecule has 2 rings (SSSR count). The molecule has 0 saturated heterocycles. The molecule has 0 aromatic rings. The normalized spacial score (nSPS) is 24.8. The van der Waals surface area contributed by atoms with Gasteiger partial charge in [0.15, 0.2) is 0 Å². The van der Waals surface area contributed by atoms with E-state index in [1.807, 2.05) is 18.2 Å². The van der Waals surface area contributed by atoms with Crippen LogP contribution in [0.25, 0.3) is 0 Å². The molecule has 0 fully saturated rings. The average molecular weight is 161 g/mol. The maximum atomic E-state index is 10.4. The summed E-state index contributed by atoms with van der Waals surface area (Å²) in [5.74, 6) is 0.121. The highest BCUT2D eigenvalue weighted by Gasteiger charge is 2.19. The van der Waals surface area contributed by atoms with Gasteiger partial charge in [0.1, 0.15) is 0 Å². The Bertz CT molecular complexity index is 348. The average Bonchev–Trinajstić information content (AvgIpc) is 2.49. The van der Waals surface area contributed by atoms with Crippen LogP contribution in [0.15, 0.2) is 47.7 Å². The van der Waals surface area contributed by atoms with Crippen molar-refractivity contribution in [3.63, 3.8) is 0 Å². The van der Waals surface area contributed by atoms with Crippen LogP contribution < -0.4 is 0 Å². The molecule has 0 radical (unpaired) electrons. The molecule has 12 heavy (non-hydrogen) atoms. The summed E-state index contributed by atoms with van der Waals surface area (Å²) in [5.41, 5.74) is 1.31. The Morgan fingerprint density at radius 1 is 1.42 bits per heavy atom. The molecule has 2 aliphatic rings. The first-order valence-corrected chi connectivity index (χ1v) is 3.70. The number of nitro groups is 1. The fourth-order valence-electron chi connectivity index (χ4n) is 1.37. The summed E-state index contributed by atoms with van der Waals surface area (Å²) in [6.07, 6.45) is 10.8. The second-order valence-corrected chi connectivity index (χ2v) is 2.76. The van der Waals surface area contributed by atoms with Crippen molar-refractivity contribution in [2.75, 3.05) is 0 Å². The third-order valence-electron chi connectivity index (χ3n) is 2.00. The van der Waals surface area contributed by atoms with Crippen LogP contribution >= 0.6 is 0 Å². The van der Waals surface area contributed by atoms with Gasteiger partial charge in [0.25, 0.3) is 5.70 Å². The van der Waals surface area contributed by atoms with Gasteiger partial charge < -0.3 is 0 Å². The maximum Gasteiger partial charge on any atom is 0.266 e. The molecule has 0 saturated carbocycles. The van der Waals surface area contributed by atoms with Gasteiger partial charge in [-0.3, -0.25) is 10.1 Å². The van der Waals surface area contributed by atoms with E-state index in [-0.39, 0.29) is 16.5 Å². The minimum Gasteiger partial charge on any atom is -0.258 e. The van der Waals surface area contributed by atoms with Crippen LogP contribution in [-0.4, -0.2) is 4.92 Å². The van der Waals surface area contributed by atoms with Crippen molar-refractivity contribution < 1.29 is 4.92 Å². The number of fused-ring (bicyclic) bond motifs is 1. The lowest BCUT2D eigenvalue weighted by molar-refractivity contribution is -0.419. The molecule has 0 N–H and O–H groups in total. The van der Waals surface area contributed by atoms with Crippen LogP contribution in [-0.2, 0) is 0 Å². The molecule has 0 aromatic heterocycles. The molecule has 1 atom stereocenters. The molecule has 0 aliphatic heterocycles. The van der Waals surface area contributed by atoms with E-state index in [9.17, 15) is 10.1 Å². The second kappa shape index (κ2) is 2.44. The molecule has 3 heteroatoms. The summed E-state index contributed by atoms with van der Waals surface area (Å²) < 4.78 is 0. The molecular weight excluding hydrogens is 154 g/mol. The molecule has 0 spiro atoms. The monoisotopic (exact) mass is 161 g/mol. The maximum absolute atomic E-state index is 10.4. The van der Waals surface area contributed by atoms with E-state index in [0.29, 0.717) is 0 Å². The minimum absolute atomic E-state index is 0.121. The van der Waals surface area contributed by atoms with Crippen LogP contribution in [0.5, 0.6) is 0 Å². The molecule has 3 nitrogen and oxygen atoms in total. The van der Waals surface area contributed by atoms with Gasteiger partial charge >= 0.3 is 0 Å². The number of allylic oxidation sites excluding steroid dienone is 7. The van der Waals surface area contributed by atoms with E-state index in [2.05, 4.69) is 0 Å². The summed E-state index contributed by atoms with van der Waals surface area (Å²) in [5, 5.41) is 10.4. The first kappa shape index (κ1) is 7.03. The number of nitrogens with zero attached hydrogens (tertiary/aromatic N) is 1. The summed E-state index contributed by atoms with van der Waals surface area (Å²) in [7, 11) is 0. The van der Waals surface area contributed by atoms with Gasteiger partial charge in [0, 0.05) is 18.1 Å². The van der Waals surface area contributed by atoms with E-state index in [1.165, 1.54) is 6.08 Å². The Labute approximate surface area is 69.5 Å². The molecule has 60 valence electrons. The van der Waals surface area contributed by atoms with Crippen LogP contribution in [0.4, 0.5) is 0 Å². The third-order valence-corrected chi connectivity index (χ3v) is 2.00. The first-order valence-electron chi connectivity index (χ1n) is 3.70. The van der Waals surface area contributed by atoms with Gasteiger partial charge in [-0.2, -0.15) is 0 Å². The van der Waals surface area contributed by atoms with E-state index in [1.54, 1.807) is 12.2 Å². The molecule has 2 aliphatic carbocycles. The highest BCUT2D eigenvalue weighted by molar-refractivity contribution is 5.44. The predicted molar refractivity (Wildman–Crippen MR) is 44.9 cm³/mol. The second-order valence-electron chi connectivity index (χ2n) is 2.76. The zero-order chi connectivity index (χ0) is 8.55. The zero-order valence-corrected chi connectivity index (χ0v) is 6.31. The fraction of sp³-hybridized carbons (Fsp3) is 0.111.